The number of rotatable bonds is 6. The lowest BCUT2D eigenvalue weighted by Gasteiger charge is -2.26. The van der Waals surface area contributed by atoms with Crippen LogP contribution in [-0.4, -0.2) is 23.7 Å². The zero-order valence-corrected chi connectivity index (χ0v) is 13.5. The molecule has 0 amide bonds. The van der Waals surface area contributed by atoms with Gasteiger partial charge in [-0.15, -0.1) is 0 Å². The minimum Gasteiger partial charge on any atom is -0.481 e. The Labute approximate surface area is 133 Å². The number of carbonyl (C=O) groups is 1. The number of halogens is 2. The molecule has 3 nitrogen and oxygen atoms in total. The number of hydrogen-bond acceptors (Lipinski definition) is 2. The number of aliphatic carboxylic acids is 1. The molecule has 116 valence electrons. The van der Waals surface area contributed by atoms with Crippen molar-refractivity contribution in [1.29, 1.82) is 0 Å². The van der Waals surface area contributed by atoms with Crippen LogP contribution in [0.4, 0.5) is 4.39 Å². The van der Waals surface area contributed by atoms with Gasteiger partial charge in [0, 0.05) is 10.5 Å². The zero-order valence-electron chi connectivity index (χ0n) is 11.9. The van der Waals surface area contributed by atoms with Crippen LogP contribution >= 0.6 is 15.9 Å². The van der Waals surface area contributed by atoms with Gasteiger partial charge in [-0.1, -0.05) is 22.0 Å². The summed E-state index contributed by atoms with van der Waals surface area (Å²) >= 11 is 3.25. The van der Waals surface area contributed by atoms with Gasteiger partial charge in [-0.3, -0.25) is 4.79 Å². The molecule has 5 heteroatoms. The number of benzene rings is 1. The van der Waals surface area contributed by atoms with Crippen molar-refractivity contribution in [2.75, 3.05) is 6.54 Å². The smallest absolute Gasteiger partial charge is 0.306 e. The first-order valence-corrected chi connectivity index (χ1v) is 8.25. The Morgan fingerprint density at radius 3 is 2.67 bits per heavy atom. The Hall–Kier alpha value is -0.940. The van der Waals surface area contributed by atoms with Crippen LogP contribution in [-0.2, 0) is 11.2 Å². The van der Waals surface area contributed by atoms with Crippen molar-refractivity contribution >= 4 is 21.9 Å². The van der Waals surface area contributed by atoms with Gasteiger partial charge in [0.05, 0.1) is 5.92 Å². The molecule has 1 aromatic carbocycles. The first-order valence-electron chi connectivity index (χ1n) is 7.46. The third kappa shape index (κ3) is 5.08. The van der Waals surface area contributed by atoms with E-state index in [1.165, 1.54) is 6.07 Å². The minimum absolute atomic E-state index is 0.161. The average Bonchev–Trinajstić information content (AvgIpc) is 2.46. The van der Waals surface area contributed by atoms with E-state index in [0.717, 1.165) is 55.1 Å². The molecule has 0 unspecified atom stereocenters. The molecule has 1 fully saturated rings. The summed E-state index contributed by atoms with van der Waals surface area (Å²) in [6.07, 6.45) is 4.96. The van der Waals surface area contributed by atoms with Gasteiger partial charge in [-0.05, 0) is 62.8 Å². The van der Waals surface area contributed by atoms with Gasteiger partial charge in [0.25, 0.3) is 0 Å². The number of carboxylic acids is 1. The molecule has 1 aliphatic rings. The van der Waals surface area contributed by atoms with Crippen molar-refractivity contribution in [2.24, 2.45) is 5.92 Å². The number of hydrogen-bond donors (Lipinski definition) is 2. The third-order valence-electron chi connectivity index (χ3n) is 4.15. The van der Waals surface area contributed by atoms with Crippen molar-refractivity contribution in [1.82, 2.24) is 5.32 Å². The van der Waals surface area contributed by atoms with E-state index in [9.17, 15) is 9.18 Å². The number of carboxylic acid groups (broad SMARTS) is 1. The highest BCUT2D eigenvalue weighted by Crippen LogP contribution is 2.24. The zero-order chi connectivity index (χ0) is 15.2. The topological polar surface area (TPSA) is 49.3 Å². The number of aryl methyl sites for hydroxylation is 1. The molecular formula is C16H21BrFNO2. The lowest BCUT2D eigenvalue weighted by molar-refractivity contribution is -0.142. The van der Waals surface area contributed by atoms with E-state index in [2.05, 4.69) is 21.2 Å². The van der Waals surface area contributed by atoms with Crippen molar-refractivity contribution < 1.29 is 14.3 Å². The normalized spacial score (nSPS) is 22.2. The Balaban J connectivity index is 1.65. The van der Waals surface area contributed by atoms with Crippen LogP contribution in [0, 0.1) is 11.7 Å². The van der Waals surface area contributed by atoms with E-state index in [-0.39, 0.29) is 11.7 Å². The summed E-state index contributed by atoms with van der Waals surface area (Å²) in [5.41, 5.74) is 0.745. The molecule has 1 aliphatic carbocycles. The molecular weight excluding hydrogens is 337 g/mol. The molecule has 21 heavy (non-hydrogen) atoms. The van der Waals surface area contributed by atoms with Crippen LogP contribution in [0.1, 0.15) is 37.7 Å². The summed E-state index contributed by atoms with van der Waals surface area (Å²) in [5, 5.41) is 12.4. The van der Waals surface area contributed by atoms with Crippen LogP contribution in [0.2, 0.25) is 0 Å². The second-order valence-corrected chi connectivity index (χ2v) is 6.60. The van der Waals surface area contributed by atoms with E-state index < -0.39 is 5.97 Å². The molecule has 0 radical (unpaired) electrons. The van der Waals surface area contributed by atoms with Gasteiger partial charge < -0.3 is 10.4 Å². The Morgan fingerprint density at radius 1 is 1.33 bits per heavy atom. The van der Waals surface area contributed by atoms with E-state index in [0.29, 0.717) is 6.04 Å². The highest BCUT2D eigenvalue weighted by molar-refractivity contribution is 9.10. The van der Waals surface area contributed by atoms with Gasteiger partial charge in [-0.2, -0.15) is 0 Å². The predicted octanol–water partition coefficient (Wildman–Crippen LogP) is 3.75. The van der Waals surface area contributed by atoms with Crippen molar-refractivity contribution in [3.8, 4) is 0 Å². The van der Waals surface area contributed by atoms with Crippen molar-refractivity contribution in [3.63, 3.8) is 0 Å². The predicted molar refractivity (Wildman–Crippen MR) is 83.8 cm³/mol. The van der Waals surface area contributed by atoms with Crippen molar-refractivity contribution in [3.05, 3.63) is 34.1 Å². The molecule has 0 spiro atoms. The molecule has 2 N–H and O–H groups in total. The van der Waals surface area contributed by atoms with Gasteiger partial charge in [0.2, 0.25) is 0 Å². The van der Waals surface area contributed by atoms with Crippen LogP contribution in [0.3, 0.4) is 0 Å². The van der Waals surface area contributed by atoms with Crippen molar-refractivity contribution in [2.45, 2.75) is 44.6 Å². The molecule has 2 rings (SSSR count). The lowest BCUT2D eigenvalue weighted by Crippen LogP contribution is -2.35. The summed E-state index contributed by atoms with van der Waals surface area (Å²) in [7, 11) is 0. The maximum atomic E-state index is 13.6. The second kappa shape index (κ2) is 7.90. The summed E-state index contributed by atoms with van der Waals surface area (Å²) in [4.78, 5) is 10.9. The molecule has 0 aliphatic heterocycles. The maximum absolute atomic E-state index is 13.6. The first-order chi connectivity index (χ1) is 10.1. The monoisotopic (exact) mass is 357 g/mol. The van der Waals surface area contributed by atoms with Gasteiger partial charge >= 0.3 is 5.97 Å². The summed E-state index contributed by atoms with van der Waals surface area (Å²) in [6, 6.07) is 5.59. The molecule has 0 aromatic heterocycles. The van der Waals surface area contributed by atoms with E-state index in [4.69, 9.17) is 5.11 Å². The summed E-state index contributed by atoms with van der Waals surface area (Å²) in [6.45, 7) is 0.845. The van der Waals surface area contributed by atoms with Crippen LogP contribution in [0.5, 0.6) is 0 Å². The van der Waals surface area contributed by atoms with E-state index >= 15 is 0 Å². The van der Waals surface area contributed by atoms with Crippen LogP contribution in [0.25, 0.3) is 0 Å². The average molecular weight is 358 g/mol. The Morgan fingerprint density at radius 2 is 2.05 bits per heavy atom. The fourth-order valence-electron chi connectivity index (χ4n) is 2.85. The standard InChI is InChI=1S/C16H21BrFNO2/c17-13-6-3-11(15(18)10-13)2-1-9-19-14-7-4-12(5-8-14)16(20)21/h3,6,10,12,14,19H,1-2,4-5,7-9H2,(H,20,21). The second-order valence-electron chi connectivity index (χ2n) is 5.68. The largest absolute Gasteiger partial charge is 0.481 e. The minimum atomic E-state index is -0.667. The Kier molecular flexibility index (Phi) is 6.18. The highest BCUT2D eigenvalue weighted by Gasteiger charge is 2.25. The fourth-order valence-corrected chi connectivity index (χ4v) is 3.19. The first kappa shape index (κ1) is 16.4. The maximum Gasteiger partial charge on any atom is 0.306 e. The highest BCUT2D eigenvalue weighted by atomic mass is 79.9. The number of nitrogens with one attached hydrogen (secondary N) is 1. The summed E-state index contributed by atoms with van der Waals surface area (Å²) in [5.74, 6) is -0.995. The third-order valence-corrected chi connectivity index (χ3v) is 4.64. The molecule has 1 aromatic rings. The van der Waals surface area contributed by atoms with Crippen LogP contribution in [0.15, 0.2) is 22.7 Å². The fraction of sp³-hybridized carbons (Fsp3) is 0.562. The van der Waals surface area contributed by atoms with E-state index in [1.807, 2.05) is 12.1 Å². The molecule has 0 atom stereocenters. The quantitative estimate of drug-likeness (QED) is 0.762. The Bertz CT molecular complexity index is 487. The molecule has 1 saturated carbocycles. The molecule has 0 heterocycles. The van der Waals surface area contributed by atoms with Gasteiger partial charge in [0.15, 0.2) is 0 Å². The molecule has 0 saturated heterocycles. The lowest BCUT2D eigenvalue weighted by atomic mass is 9.86. The van der Waals surface area contributed by atoms with Gasteiger partial charge in [-0.25, -0.2) is 4.39 Å². The molecule has 0 bridgehead atoms. The SMILES string of the molecule is O=C(O)C1CCC(NCCCc2ccc(Br)cc2F)CC1. The summed E-state index contributed by atoms with van der Waals surface area (Å²) < 4.78 is 14.4. The van der Waals surface area contributed by atoms with Crippen LogP contribution < -0.4 is 5.32 Å². The van der Waals surface area contributed by atoms with Gasteiger partial charge in [0.1, 0.15) is 5.82 Å². The van der Waals surface area contributed by atoms with E-state index in [1.54, 1.807) is 0 Å².